The fourth-order valence-electron chi connectivity index (χ4n) is 4.85. The van der Waals surface area contributed by atoms with Crippen molar-refractivity contribution in [3.8, 4) is 5.75 Å². The number of aromatic hydroxyl groups is 1. The quantitative estimate of drug-likeness (QED) is 0.287. The third kappa shape index (κ3) is 9.75. The third-order valence-corrected chi connectivity index (χ3v) is 6.52. The zero-order valence-corrected chi connectivity index (χ0v) is 22.7. The van der Waals surface area contributed by atoms with Crippen molar-refractivity contribution in [3.63, 3.8) is 0 Å². The molecule has 3 heteroatoms. The number of allylic oxidation sites excluding steroid dienone is 1. The number of rotatable bonds is 6. The van der Waals surface area contributed by atoms with Gasteiger partial charge in [-0.05, 0) is 67.4 Å². The molecule has 0 aromatic heterocycles. The SMILES string of the molecule is C1CCCC1.Cc1ccc(/C(=C(\CCCO)C2CCCC2)c2ccc(O)cc2)cc1.[CH3-].[CH3-].[Ru+2]. The molecule has 2 fully saturated rings. The molecule has 2 aliphatic rings. The maximum absolute atomic E-state index is 9.69. The molecule has 0 spiro atoms. The van der Waals surface area contributed by atoms with Crippen molar-refractivity contribution in [1.29, 1.82) is 0 Å². The van der Waals surface area contributed by atoms with Gasteiger partial charge in [-0.3, -0.25) is 0 Å². The molecule has 184 valence electrons. The Kier molecular flexibility index (Phi) is 16.3. The van der Waals surface area contributed by atoms with Gasteiger partial charge in [-0.15, -0.1) is 0 Å². The molecule has 4 rings (SSSR count). The largest absolute Gasteiger partial charge is 2.00 e. The second kappa shape index (κ2) is 17.1. The van der Waals surface area contributed by atoms with Gasteiger partial charge in [0, 0.05) is 6.61 Å². The van der Waals surface area contributed by atoms with Crippen LogP contribution >= 0.6 is 0 Å². The van der Waals surface area contributed by atoms with Gasteiger partial charge in [0.1, 0.15) is 5.75 Å². The van der Waals surface area contributed by atoms with Crippen LogP contribution in [0.25, 0.3) is 5.57 Å². The maximum Gasteiger partial charge on any atom is 2.00 e. The van der Waals surface area contributed by atoms with E-state index in [0.717, 1.165) is 18.4 Å². The van der Waals surface area contributed by atoms with E-state index in [-0.39, 0.29) is 40.9 Å². The molecule has 0 unspecified atom stereocenters. The summed E-state index contributed by atoms with van der Waals surface area (Å²) >= 11 is 0. The zero-order chi connectivity index (χ0) is 21.2. The van der Waals surface area contributed by atoms with Crippen molar-refractivity contribution >= 4 is 5.57 Å². The Labute approximate surface area is 216 Å². The molecule has 0 bridgehead atoms. The van der Waals surface area contributed by atoms with Gasteiger partial charge in [0.15, 0.2) is 0 Å². The van der Waals surface area contributed by atoms with Gasteiger partial charge in [0.25, 0.3) is 0 Å². The van der Waals surface area contributed by atoms with Crippen molar-refractivity contribution in [2.75, 3.05) is 6.61 Å². The first kappa shape index (κ1) is 31.6. The summed E-state index contributed by atoms with van der Waals surface area (Å²) in [5, 5.41) is 19.1. The molecule has 0 heterocycles. The van der Waals surface area contributed by atoms with E-state index >= 15 is 0 Å². The number of hydrogen-bond donors (Lipinski definition) is 2. The van der Waals surface area contributed by atoms with Crippen molar-refractivity contribution in [1.82, 2.24) is 0 Å². The number of benzene rings is 2. The van der Waals surface area contributed by atoms with Crippen molar-refractivity contribution in [2.45, 2.75) is 77.6 Å². The van der Waals surface area contributed by atoms with Crippen LogP contribution in [0, 0.1) is 27.7 Å². The summed E-state index contributed by atoms with van der Waals surface area (Å²) in [4.78, 5) is 0. The van der Waals surface area contributed by atoms with Crippen LogP contribution < -0.4 is 0 Å². The smallest absolute Gasteiger partial charge is 0.508 e. The van der Waals surface area contributed by atoms with Crippen molar-refractivity contribution in [2.24, 2.45) is 5.92 Å². The summed E-state index contributed by atoms with van der Waals surface area (Å²) in [7, 11) is 0. The first-order valence-electron chi connectivity index (χ1n) is 11.9. The summed E-state index contributed by atoms with van der Waals surface area (Å²) in [6.07, 6.45) is 14.3. The molecule has 0 saturated heterocycles. The Morgan fingerprint density at radius 1 is 0.758 bits per heavy atom. The minimum absolute atomic E-state index is 0. The normalized spacial score (nSPS) is 15.8. The summed E-state index contributed by atoms with van der Waals surface area (Å²) in [6, 6.07) is 16.3. The van der Waals surface area contributed by atoms with Crippen LogP contribution in [0.5, 0.6) is 5.75 Å². The topological polar surface area (TPSA) is 40.5 Å². The van der Waals surface area contributed by atoms with E-state index in [1.807, 2.05) is 12.1 Å². The summed E-state index contributed by atoms with van der Waals surface area (Å²) < 4.78 is 0. The average Bonchev–Trinajstić information content (AvgIpc) is 3.50. The average molecular weight is 538 g/mol. The van der Waals surface area contributed by atoms with Gasteiger partial charge in [-0.1, -0.05) is 92.5 Å². The number of phenols is 1. The van der Waals surface area contributed by atoms with Crippen LogP contribution in [0.1, 0.15) is 87.3 Å². The molecule has 2 saturated carbocycles. The van der Waals surface area contributed by atoms with E-state index < -0.39 is 0 Å². The molecule has 0 radical (unpaired) electrons. The Hall–Kier alpha value is -1.44. The minimum atomic E-state index is 0. The maximum atomic E-state index is 9.69. The summed E-state index contributed by atoms with van der Waals surface area (Å²) in [5.74, 6) is 0.904. The van der Waals surface area contributed by atoms with Gasteiger partial charge in [-0.2, -0.15) is 0 Å². The molecule has 2 N–H and O–H groups in total. The fraction of sp³-hybridized carbons (Fsp3) is 0.467. The molecule has 2 nitrogen and oxygen atoms in total. The molecular weight excluding hydrogens is 493 g/mol. The first-order chi connectivity index (χ1) is 14.7. The Morgan fingerprint density at radius 2 is 1.21 bits per heavy atom. The van der Waals surface area contributed by atoms with Crippen LogP contribution in [0.2, 0.25) is 0 Å². The summed E-state index contributed by atoms with van der Waals surface area (Å²) in [5.41, 5.74) is 6.41. The van der Waals surface area contributed by atoms with Gasteiger partial charge >= 0.3 is 19.5 Å². The Morgan fingerprint density at radius 3 is 1.67 bits per heavy atom. The number of aliphatic hydroxyl groups is 1. The van der Waals surface area contributed by atoms with Crippen molar-refractivity contribution < 1.29 is 29.7 Å². The van der Waals surface area contributed by atoms with Crippen LogP contribution in [-0.4, -0.2) is 16.8 Å². The molecule has 2 aliphatic carbocycles. The van der Waals surface area contributed by atoms with Gasteiger partial charge < -0.3 is 25.1 Å². The van der Waals surface area contributed by atoms with Gasteiger partial charge in [0.05, 0.1) is 0 Å². The van der Waals surface area contributed by atoms with Crippen molar-refractivity contribution in [3.05, 3.63) is 85.6 Å². The zero-order valence-electron chi connectivity index (χ0n) is 20.9. The minimum Gasteiger partial charge on any atom is -0.508 e. The number of hydrogen-bond acceptors (Lipinski definition) is 2. The molecular formula is C30H44O2Ru. The molecule has 0 amide bonds. The van der Waals surface area contributed by atoms with E-state index in [0.29, 0.717) is 11.7 Å². The Bertz CT molecular complexity index is 728. The second-order valence-corrected chi connectivity index (χ2v) is 8.89. The molecule has 0 atom stereocenters. The van der Waals surface area contributed by atoms with E-state index in [4.69, 9.17) is 0 Å². The molecule has 2 aromatic rings. The standard InChI is InChI=1S/C23H28O2.C5H10.2CH3.Ru/c1-17-8-10-19(11-9-17)23(20-12-14-21(25)15-13-20)22(7-4-16-24)18-5-2-3-6-18;1-2-4-5-3-1;;;/h8-15,18,24-25H,2-7,16H2,1H3;1-5H2;2*1H3;/q;;2*-1;+2/b23-22-;;;;. The van der Waals surface area contributed by atoms with E-state index in [1.165, 1.54) is 80.1 Å². The third-order valence-electron chi connectivity index (χ3n) is 6.52. The molecule has 0 aliphatic heterocycles. The molecule has 2 aromatic carbocycles. The first-order valence-corrected chi connectivity index (χ1v) is 11.9. The summed E-state index contributed by atoms with van der Waals surface area (Å²) in [6.45, 7) is 2.34. The fourth-order valence-corrected chi connectivity index (χ4v) is 4.85. The van der Waals surface area contributed by atoms with Gasteiger partial charge in [0.2, 0.25) is 0 Å². The number of aryl methyl sites for hydroxylation is 1. The van der Waals surface area contributed by atoms with Crippen LogP contribution in [0.3, 0.4) is 0 Å². The van der Waals surface area contributed by atoms with E-state index in [2.05, 4.69) is 31.2 Å². The monoisotopic (exact) mass is 538 g/mol. The predicted octanol–water partition coefficient (Wildman–Crippen LogP) is 8.31. The van der Waals surface area contributed by atoms with E-state index in [9.17, 15) is 10.2 Å². The predicted molar refractivity (Wildman–Crippen MR) is 139 cm³/mol. The van der Waals surface area contributed by atoms with Crippen LogP contribution in [-0.2, 0) is 19.5 Å². The number of aliphatic hydroxyl groups excluding tert-OH is 1. The van der Waals surface area contributed by atoms with E-state index in [1.54, 1.807) is 12.1 Å². The number of phenolic OH excluding ortho intramolecular Hbond substituents is 1. The second-order valence-electron chi connectivity index (χ2n) is 8.89. The van der Waals surface area contributed by atoms with Gasteiger partial charge in [-0.25, -0.2) is 0 Å². The Balaban J connectivity index is 0.00000114. The van der Waals surface area contributed by atoms with Crippen LogP contribution in [0.4, 0.5) is 0 Å². The molecule has 33 heavy (non-hydrogen) atoms. The van der Waals surface area contributed by atoms with Crippen LogP contribution in [0.15, 0.2) is 54.1 Å².